The summed E-state index contributed by atoms with van der Waals surface area (Å²) in [6.45, 7) is 0.203. The van der Waals surface area contributed by atoms with Gasteiger partial charge in [0.05, 0.1) is 0 Å². The lowest BCUT2D eigenvalue weighted by molar-refractivity contribution is 0.0501. The number of hydrogen-bond acceptors (Lipinski definition) is 5. The van der Waals surface area contributed by atoms with Gasteiger partial charge in [0.25, 0.3) is 5.91 Å². The van der Waals surface area contributed by atoms with Crippen molar-refractivity contribution in [1.29, 1.82) is 0 Å². The van der Waals surface area contributed by atoms with E-state index in [1.807, 2.05) is 6.26 Å². The molecule has 88 valence electrons. The molecule has 0 aliphatic rings. The molecular formula is C9H12ClN3O2S. The van der Waals surface area contributed by atoms with Gasteiger partial charge in [-0.2, -0.15) is 0 Å². The fraction of sp³-hybridized carbons (Fsp3) is 0.444. The van der Waals surface area contributed by atoms with Crippen LogP contribution in [0.25, 0.3) is 0 Å². The summed E-state index contributed by atoms with van der Waals surface area (Å²) in [5.74, 6) is -0.249. The summed E-state index contributed by atoms with van der Waals surface area (Å²) in [6.07, 6.45) is 1.82. The topological polar surface area (TPSA) is 55.3 Å². The maximum atomic E-state index is 11.8. The number of rotatable bonds is 4. The van der Waals surface area contributed by atoms with E-state index in [9.17, 15) is 4.79 Å². The Morgan fingerprint density at radius 1 is 1.62 bits per heavy atom. The standard InChI is InChI=1S/C9H12ClN3O2S/c1-13(5-15-2)8(14)6-4-7(10)12-9(11-6)16-3/h4H,5H2,1-3H3. The quantitative estimate of drug-likeness (QED) is 0.356. The second kappa shape index (κ2) is 6.03. The van der Waals surface area contributed by atoms with Gasteiger partial charge >= 0.3 is 0 Å². The normalized spacial score (nSPS) is 10.2. The average molecular weight is 262 g/mol. The van der Waals surface area contributed by atoms with Crippen LogP contribution in [0, 0.1) is 0 Å². The Morgan fingerprint density at radius 2 is 2.31 bits per heavy atom. The third kappa shape index (κ3) is 3.33. The van der Waals surface area contributed by atoms with E-state index in [4.69, 9.17) is 16.3 Å². The Morgan fingerprint density at radius 3 is 2.88 bits per heavy atom. The molecule has 0 aliphatic carbocycles. The fourth-order valence-corrected chi connectivity index (χ4v) is 1.66. The number of ether oxygens (including phenoxy) is 1. The molecule has 16 heavy (non-hydrogen) atoms. The lowest BCUT2D eigenvalue weighted by Gasteiger charge is -2.15. The van der Waals surface area contributed by atoms with Crippen LogP contribution in [0.1, 0.15) is 10.5 Å². The zero-order chi connectivity index (χ0) is 12.1. The third-order valence-electron chi connectivity index (χ3n) is 1.75. The third-order valence-corrected chi connectivity index (χ3v) is 2.49. The van der Waals surface area contributed by atoms with E-state index in [1.54, 1.807) is 7.05 Å². The highest BCUT2D eigenvalue weighted by Crippen LogP contribution is 2.15. The lowest BCUT2D eigenvalue weighted by atomic mass is 10.4. The van der Waals surface area contributed by atoms with E-state index >= 15 is 0 Å². The van der Waals surface area contributed by atoms with Gasteiger partial charge in [-0.25, -0.2) is 9.97 Å². The number of amides is 1. The molecule has 7 heteroatoms. The second-order valence-electron chi connectivity index (χ2n) is 2.98. The van der Waals surface area contributed by atoms with Crippen LogP contribution in [-0.4, -0.2) is 47.9 Å². The Hall–Kier alpha value is -0.850. The van der Waals surface area contributed by atoms with Crippen molar-refractivity contribution in [3.8, 4) is 0 Å². The number of halogens is 1. The van der Waals surface area contributed by atoms with Crippen LogP contribution in [0.15, 0.2) is 11.2 Å². The maximum Gasteiger partial charge on any atom is 0.274 e. The monoisotopic (exact) mass is 261 g/mol. The van der Waals surface area contributed by atoms with Gasteiger partial charge in [-0.05, 0) is 6.26 Å². The molecule has 0 N–H and O–H groups in total. The van der Waals surface area contributed by atoms with Crippen LogP contribution in [-0.2, 0) is 4.74 Å². The second-order valence-corrected chi connectivity index (χ2v) is 4.14. The van der Waals surface area contributed by atoms with Gasteiger partial charge in [-0.1, -0.05) is 23.4 Å². The molecule has 5 nitrogen and oxygen atoms in total. The molecule has 0 saturated heterocycles. The fourth-order valence-electron chi connectivity index (χ4n) is 1.05. The number of methoxy groups -OCH3 is 1. The van der Waals surface area contributed by atoms with E-state index in [1.165, 1.54) is 29.8 Å². The summed E-state index contributed by atoms with van der Waals surface area (Å²) in [4.78, 5) is 21.3. The summed E-state index contributed by atoms with van der Waals surface area (Å²) < 4.78 is 4.86. The van der Waals surface area contributed by atoms with E-state index in [0.29, 0.717) is 5.16 Å². The molecule has 0 radical (unpaired) electrons. The number of hydrogen-bond donors (Lipinski definition) is 0. The summed E-state index contributed by atoms with van der Waals surface area (Å²) in [5.41, 5.74) is 0.268. The molecular weight excluding hydrogens is 250 g/mol. The van der Waals surface area contributed by atoms with Gasteiger partial charge in [0, 0.05) is 20.2 Å². The molecule has 0 atom stereocenters. The number of nitrogens with zero attached hydrogens (tertiary/aromatic N) is 3. The van der Waals surface area contributed by atoms with Gasteiger partial charge in [0.2, 0.25) is 0 Å². The number of aromatic nitrogens is 2. The molecule has 0 aromatic carbocycles. The highest BCUT2D eigenvalue weighted by Gasteiger charge is 2.15. The van der Waals surface area contributed by atoms with Crippen molar-refractivity contribution in [2.45, 2.75) is 5.16 Å². The smallest absolute Gasteiger partial charge is 0.274 e. The molecule has 1 aromatic rings. The molecule has 0 spiro atoms. The first kappa shape index (κ1) is 13.2. The first-order valence-electron chi connectivity index (χ1n) is 4.41. The maximum absolute atomic E-state index is 11.8. The number of carbonyl (C=O) groups is 1. The molecule has 1 rings (SSSR count). The van der Waals surface area contributed by atoms with Crippen LogP contribution in [0.4, 0.5) is 0 Å². The van der Waals surface area contributed by atoms with E-state index < -0.39 is 0 Å². The summed E-state index contributed by atoms with van der Waals surface area (Å²) in [6, 6.07) is 1.44. The van der Waals surface area contributed by atoms with Gasteiger partial charge < -0.3 is 9.64 Å². The van der Waals surface area contributed by atoms with E-state index in [0.717, 1.165) is 0 Å². The SMILES string of the molecule is COCN(C)C(=O)c1cc(Cl)nc(SC)n1. The van der Waals surface area contributed by atoms with Crippen molar-refractivity contribution in [2.24, 2.45) is 0 Å². The highest BCUT2D eigenvalue weighted by atomic mass is 35.5. The predicted molar refractivity (Wildman–Crippen MR) is 62.8 cm³/mol. The Balaban J connectivity index is 2.94. The Kier molecular flexibility index (Phi) is 4.98. The largest absolute Gasteiger partial charge is 0.364 e. The first-order chi connectivity index (χ1) is 7.58. The molecule has 0 saturated carbocycles. The zero-order valence-corrected chi connectivity index (χ0v) is 10.8. The molecule has 1 amide bonds. The van der Waals surface area contributed by atoms with Crippen LogP contribution in [0.2, 0.25) is 5.15 Å². The summed E-state index contributed by atoms with van der Waals surface area (Å²) in [5, 5.41) is 0.732. The minimum absolute atomic E-state index is 0.203. The molecule has 1 heterocycles. The van der Waals surface area contributed by atoms with Gasteiger partial charge in [0.1, 0.15) is 17.6 Å². The Bertz CT molecular complexity index is 389. The van der Waals surface area contributed by atoms with Crippen LogP contribution >= 0.6 is 23.4 Å². The number of carbonyl (C=O) groups excluding carboxylic acids is 1. The van der Waals surface area contributed by atoms with E-state index in [-0.39, 0.29) is 23.5 Å². The Labute approximate surface area is 103 Å². The molecule has 0 bridgehead atoms. The van der Waals surface area contributed by atoms with Crippen molar-refractivity contribution in [3.05, 3.63) is 16.9 Å². The average Bonchev–Trinajstić information content (AvgIpc) is 2.27. The van der Waals surface area contributed by atoms with Crippen molar-refractivity contribution in [3.63, 3.8) is 0 Å². The minimum Gasteiger partial charge on any atom is -0.364 e. The van der Waals surface area contributed by atoms with Crippen LogP contribution in [0.5, 0.6) is 0 Å². The van der Waals surface area contributed by atoms with Crippen LogP contribution in [0.3, 0.4) is 0 Å². The van der Waals surface area contributed by atoms with E-state index in [2.05, 4.69) is 9.97 Å². The lowest BCUT2D eigenvalue weighted by Crippen LogP contribution is -2.29. The zero-order valence-electron chi connectivity index (χ0n) is 9.23. The van der Waals surface area contributed by atoms with Crippen LogP contribution < -0.4 is 0 Å². The molecule has 1 aromatic heterocycles. The summed E-state index contributed by atoms with van der Waals surface area (Å²) >= 11 is 7.12. The van der Waals surface area contributed by atoms with Crippen molar-refractivity contribution in [2.75, 3.05) is 27.1 Å². The molecule has 0 unspecified atom stereocenters. The summed E-state index contributed by atoms with van der Waals surface area (Å²) in [7, 11) is 3.14. The van der Waals surface area contributed by atoms with Crippen molar-refractivity contribution < 1.29 is 9.53 Å². The molecule has 0 fully saturated rings. The van der Waals surface area contributed by atoms with Gasteiger partial charge in [-0.15, -0.1) is 0 Å². The predicted octanol–water partition coefficient (Wildman–Crippen LogP) is 1.53. The number of thioether (sulfide) groups is 1. The highest BCUT2D eigenvalue weighted by molar-refractivity contribution is 7.98. The van der Waals surface area contributed by atoms with Crippen molar-refractivity contribution >= 4 is 29.3 Å². The van der Waals surface area contributed by atoms with Gasteiger partial charge in [-0.3, -0.25) is 4.79 Å². The first-order valence-corrected chi connectivity index (χ1v) is 6.01. The molecule has 0 aliphatic heterocycles. The van der Waals surface area contributed by atoms with Crippen molar-refractivity contribution in [1.82, 2.24) is 14.9 Å². The van der Waals surface area contributed by atoms with Gasteiger partial charge in [0.15, 0.2) is 5.16 Å². The minimum atomic E-state index is -0.249.